The van der Waals surface area contributed by atoms with E-state index in [9.17, 15) is 5.11 Å². The van der Waals surface area contributed by atoms with Gasteiger partial charge < -0.3 is 15.2 Å². The average molecular weight is 283 g/mol. The summed E-state index contributed by atoms with van der Waals surface area (Å²) in [5, 5.41) is 13.0. The second-order valence-electron chi connectivity index (χ2n) is 6.30. The summed E-state index contributed by atoms with van der Waals surface area (Å²) < 4.78 is 6.08. The summed E-state index contributed by atoms with van der Waals surface area (Å²) in [6, 6.07) is 11.9. The van der Waals surface area contributed by atoms with E-state index in [1.165, 1.54) is 11.1 Å². The molecule has 0 radical (unpaired) electrons. The number of hydrogen-bond donors (Lipinski definition) is 2. The summed E-state index contributed by atoms with van der Waals surface area (Å²) in [5.41, 5.74) is 4.20. The van der Waals surface area contributed by atoms with Crippen molar-refractivity contribution in [3.8, 4) is 11.5 Å². The third-order valence-corrected chi connectivity index (χ3v) is 3.85. The molecule has 2 aromatic rings. The van der Waals surface area contributed by atoms with E-state index in [1.54, 1.807) is 6.07 Å². The molecule has 2 aromatic carbocycles. The predicted octanol–water partition coefficient (Wildman–Crippen LogP) is 4.03. The molecule has 0 fully saturated rings. The molecular weight excluding hydrogens is 262 g/mol. The van der Waals surface area contributed by atoms with E-state index < -0.39 is 0 Å². The first-order valence-corrected chi connectivity index (χ1v) is 7.28. The van der Waals surface area contributed by atoms with Gasteiger partial charge in [0.1, 0.15) is 17.1 Å². The van der Waals surface area contributed by atoms with Crippen LogP contribution in [0.5, 0.6) is 11.5 Å². The van der Waals surface area contributed by atoms with Crippen LogP contribution in [0.2, 0.25) is 0 Å². The van der Waals surface area contributed by atoms with E-state index in [0.717, 1.165) is 23.4 Å². The van der Waals surface area contributed by atoms with Crippen molar-refractivity contribution in [2.45, 2.75) is 39.3 Å². The van der Waals surface area contributed by atoms with Gasteiger partial charge in [-0.25, -0.2) is 0 Å². The number of fused-ring (bicyclic) bond motifs is 1. The van der Waals surface area contributed by atoms with Gasteiger partial charge in [-0.1, -0.05) is 18.2 Å². The van der Waals surface area contributed by atoms with E-state index >= 15 is 0 Å². The van der Waals surface area contributed by atoms with Gasteiger partial charge in [0.25, 0.3) is 0 Å². The minimum absolute atomic E-state index is 0.117. The Morgan fingerprint density at radius 2 is 2.05 bits per heavy atom. The molecule has 3 heteroatoms. The lowest BCUT2D eigenvalue weighted by molar-refractivity contribution is 0.137. The minimum Gasteiger partial charge on any atom is -0.508 e. The van der Waals surface area contributed by atoms with Crippen LogP contribution in [0.4, 0.5) is 5.69 Å². The van der Waals surface area contributed by atoms with Gasteiger partial charge in [-0.15, -0.1) is 0 Å². The molecule has 21 heavy (non-hydrogen) atoms. The zero-order valence-corrected chi connectivity index (χ0v) is 12.7. The number of ether oxygens (including phenoxy) is 1. The highest BCUT2D eigenvalue weighted by atomic mass is 16.5. The molecule has 0 spiro atoms. The quantitative estimate of drug-likeness (QED) is 0.836. The monoisotopic (exact) mass is 283 g/mol. The number of hydrogen-bond acceptors (Lipinski definition) is 3. The maximum atomic E-state index is 9.57. The Labute approximate surface area is 125 Å². The molecule has 0 saturated heterocycles. The predicted molar refractivity (Wildman–Crippen MR) is 85.0 cm³/mol. The number of benzene rings is 2. The van der Waals surface area contributed by atoms with Gasteiger partial charge in [0.2, 0.25) is 0 Å². The Balaban J connectivity index is 1.78. The molecule has 110 valence electrons. The largest absolute Gasteiger partial charge is 0.508 e. The standard InChI is InChI=1S/C18H21NO2/c1-12-9-15(7-8-16(12)20)19-11-14-6-4-5-13-10-18(2,3)21-17(13)14/h4-9,19-20H,10-11H2,1-3H3. The Bertz CT molecular complexity index is 677. The van der Waals surface area contributed by atoms with E-state index in [1.807, 2.05) is 19.1 Å². The highest BCUT2D eigenvalue weighted by molar-refractivity contribution is 5.52. The van der Waals surface area contributed by atoms with E-state index in [-0.39, 0.29) is 5.60 Å². The molecule has 0 unspecified atom stereocenters. The van der Waals surface area contributed by atoms with Gasteiger partial charge >= 0.3 is 0 Å². The molecule has 0 amide bonds. The summed E-state index contributed by atoms with van der Waals surface area (Å²) in [5.74, 6) is 1.34. The molecule has 3 nitrogen and oxygen atoms in total. The first-order chi connectivity index (χ1) is 9.94. The summed E-state index contributed by atoms with van der Waals surface area (Å²) in [4.78, 5) is 0. The van der Waals surface area contributed by atoms with Crippen molar-refractivity contribution in [3.05, 3.63) is 53.1 Å². The second-order valence-corrected chi connectivity index (χ2v) is 6.30. The number of aromatic hydroxyl groups is 1. The number of para-hydroxylation sites is 1. The topological polar surface area (TPSA) is 41.5 Å². The fourth-order valence-electron chi connectivity index (χ4n) is 2.78. The van der Waals surface area contributed by atoms with Gasteiger partial charge in [0, 0.05) is 24.2 Å². The van der Waals surface area contributed by atoms with Crippen molar-refractivity contribution in [1.82, 2.24) is 0 Å². The maximum absolute atomic E-state index is 9.57. The lowest BCUT2D eigenvalue weighted by atomic mass is 10.0. The third kappa shape index (κ3) is 2.82. The van der Waals surface area contributed by atoms with Gasteiger partial charge in [0.05, 0.1) is 0 Å². The Morgan fingerprint density at radius 3 is 2.81 bits per heavy atom. The van der Waals surface area contributed by atoms with E-state index in [0.29, 0.717) is 12.3 Å². The number of aryl methyl sites for hydroxylation is 1. The first kappa shape index (κ1) is 13.8. The van der Waals surface area contributed by atoms with Crippen LogP contribution in [0.15, 0.2) is 36.4 Å². The summed E-state index contributed by atoms with van der Waals surface area (Å²) in [7, 11) is 0. The number of phenols is 1. The SMILES string of the molecule is Cc1cc(NCc2cccc3c2OC(C)(C)C3)ccc1O. The van der Waals surface area contributed by atoms with E-state index in [4.69, 9.17) is 4.74 Å². The molecule has 0 atom stereocenters. The lowest BCUT2D eigenvalue weighted by Crippen LogP contribution is -2.25. The zero-order chi connectivity index (χ0) is 15.0. The van der Waals surface area contributed by atoms with Crippen LogP contribution in [0.3, 0.4) is 0 Å². The van der Waals surface area contributed by atoms with Crippen molar-refractivity contribution in [2.24, 2.45) is 0 Å². The number of nitrogens with one attached hydrogen (secondary N) is 1. The first-order valence-electron chi connectivity index (χ1n) is 7.28. The highest BCUT2D eigenvalue weighted by Gasteiger charge is 2.31. The zero-order valence-electron chi connectivity index (χ0n) is 12.7. The molecule has 0 aromatic heterocycles. The van der Waals surface area contributed by atoms with Gasteiger partial charge in [0.15, 0.2) is 0 Å². The fraction of sp³-hybridized carbons (Fsp3) is 0.333. The van der Waals surface area contributed by atoms with Crippen molar-refractivity contribution in [3.63, 3.8) is 0 Å². The number of phenolic OH excluding ortho intramolecular Hbond substituents is 1. The normalized spacial score (nSPS) is 15.4. The average Bonchev–Trinajstić information content (AvgIpc) is 2.74. The third-order valence-electron chi connectivity index (χ3n) is 3.85. The highest BCUT2D eigenvalue weighted by Crippen LogP contribution is 2.37. The number of rotatable bonds is 3. The van der Waals surface area contributed by atoms with Crippen molar-refractivity contribution >= 4 is 5.69 Å². The van der Waals surface area contributed by atoms with Gasteiger partial charge in [-0.05, 0) is 50.1 Å². The summed E-state index contributed by atoms with van der Waals surface area (Å²) >= 11 is 0. The van der Waals surface area contributed by atoms with Crippen LogP contribution < -0.4 is 10.1 Å². The van der Waals surface area contributed by atoms with Crippen molar-refractivity contribution < 1.29 is 9.84 Å². The van der Waals surface area contributed by atoms with Crippen molar-refractivity contribution in [1.29, 1.82) is 0 Å². The van der Waals surface area contributed by atoms with Crippen molar-refractivity contribution in [2.75, 3.05) is 5.32 Å². The second kappa shape index (κ2) is 4.99. The summed E-state index contributed by atoms with van der Waals surface area (Å²) in [6.45, 7) is 6.84. The van der Waals surface area contributed by atoms with Gasteiger partial charge in [-0.2, -0.15) is 0 Å². The van der Waals surface area contributed by atoms with Crippen LogP contribution >= 0.6 is 0 Å². The molecule has 2 N–H and O–H groups in total. The van der Waals surface area contributed by atoms with Crippen LogP contribution in [-0.2, 0) is 13.0 Å². The number of anilines is 1. The fourth-order valence-corrected chi connectivity index (χ4v) is 2.78. The minimum atomic E-state index is -0.117. The lowest BCUT2D eigenvalue weighted by Gasteiger charge is -2.18. The molecule has 0 aliphatic carbocycles. The Morgan fingerprint density at radius 1 is 1.24 bits per heavy atom. The molecule has 1 aliphatic rings. The molecule has 3 rings (SSSR count). The Hall–Kier alpha value is -2.16. The van der Waals surface area contributed by atoms with Gasteiger partial charge in [-0.3, -0.25) is 0 Å². The van der Waals surface area contributed by atoms with Crippen LogP contribution in [0, 0.1) is 6.92 Å². The van der Waals surface area contributed by atoms with Crippen LogP contribution in [0.1, 0.15) is 30.5 Å². The molecule has 0 bridgehead atoms. The summed E-state index contributed by atoms with van der Waals surface area (Å²) in [6.07, 6.45) is 0.953. The molecule has 1 aliphatic heterocycles. The maximum Gasteiger partial charge on any atom is 0.128 e. The Kier molecular flexibility index (Phi) is 3.28. The van der Waals surface area contributed by atoms with Crippen LogP contribution in [-0.4, -0.2) is 10.7 Å². The molecular formula is C18H21NO2. The van der Waals surface area contributed by atoms with E-state index in [2.05, 4.69) is 37.4 Å². The van der Waals surface area contributed by atoms with Crippen LogP contribution in [0.25, 0.3) is 0 Å². The smallest absolute Gasteiger partial charge is 0.128 e. The molecule has 0 saturated carbocycles. The molecule has 1 heterocycles.